The lowest BCUT2D eigenvalue weighted by atomic mass is 9.77. The Balaban J connectivity index is 2.11. The number of rotatable bonds is 5. The lowest BCUT2D eigenvalue weighted by Gasteiger charge is -2.28. The molecular formula is C23H23NO2. The van der Waals surface area contributed by atoms with Gasteiger partial charge in [0.05, 0.1) is 0 Å². The normalized spacial score (nSPS) is 11.7. The summed E-state index contributed by atoms with van der Waals surface area (Å²) in [6.45, 7) is 4.19. The maximum absolute atomic E-state index is 10.9. The van der Waals surface area contributed by atoms with Crippen molar-refractivity contribution >= 4 is 6.21 Å². The zero-order valence-corrected chi connectivity index (χ0v) is 15.3. The highest BCUT2D eigenvalue weighted by Gasteiger charge is 2.28. The van der Waals surface area contributed by atoms with Crippen molar-refractivity contribution in [3.63, 3.8) is 0 Å². The van der Waals surface area contributed by atoms with E-state index in [1.807, 2.05) is 54.6 Å². The van der Waals surface area contributed by atoms with Crippen molar-refractivity contribution in [3.05, 3.63) is 89.5 Å². The number of phenolic OH excluding ortho intramolecular Hbond substituents is 1. The number of hydrogen-bond donors (Lipinski definition) is 1. The number of aliphatic imine (C=N–C) groups is 1. The molecule has 0 bridgehead atoms. The van der Waals surface area contributed by atoms with Crippen LogP contribution in [0.25, 0.3) is 0 Å². The molecule has 0 unspecified atom stereocenters. The zero-order chi connectivity index (χ0) is 18.6. The third-order valence-corrected chi connectivity index (χ3v) is 4.53. The number of para-hydroxylation sites is 1. The Bertz CT molecular complexity index is 900. The Morgan fingerprint density at radius 1 is 0.885 bits per heavy atom. The average molecular weight is 345 g/mol. The third-order valence-electron chi connectivity index (χ3n) is 4.53. The van der Waals surface area contributed by atoms with Crippen LogP contribution < -0.4 is 4.74 Å². The predicted octanol–water partition coefficient (Wildman–Crippen LogP) is 5.56. The molecule has 0 spiro atoms. The third kappa shape index (κ3) is 3.62. The second-order valence-electron chi connectivity index (χ2n) is 6.70. The molecule has 0 aliphatic carbocycles. The van der Waals surface area contributed by atoms with Crippen LogP contribution in [0.3, 0.4) is 0 Å². The molecule has 26 heavy (non-hydrogen) atoms. The summed E-state index contributed by atoms with van der Waals surface area (Å²) in [4.78, 5) is 4.07. The molecule has 0 saturated heterocycles. The first-order chi connectivity index (χ1) is 12.5. The number of benzene rings is 3. The molecule has 0 aliphatic heterocycles. The van der Waals surface area contributed by atoms with Crippen LogP contribution in [0.15, 0.2) is 77.8 Å². The van der Waals surface area contributed by atoms with Crippen LogP contribution in [0.1, 0.15) is 30.5 Å². The van der Waals surface area contributed by atoms with E-state index in [9.17, 15) is 5.11 Å². The second kappa shape index (κ2) is 7.44. The van der Waals surface area contributed by atoms with Crippen LogP contribution in [0.5, 0.6) is 17.2 Å². The number of aromatic hydroxyl groups is 1. The second-order valence-corrected chi connectivity index (χ2v) is 6.70. The van der Waals surface area contributed by atoms with Crippen molar-refractivity contribution in [1.82, 2.24) is 0 Å². The Hall–Kier alpha value is -3.07. The number of ether oxygens (including phenoxy) is 1. The van der Waals surface area contributed by atoms with E-state index in [0.717, 1.165) is 16.9 Å². The Kier molecular flexibility index (Phi) is 5.08. The first-order valence-corrected chi connectivity index (χ1v) is 8.60. The maximum atomic E-state index is 10.9. The molecule has 0 saturated carbocycles. The van der Waals surface area contributed by atoms with Gasteiger partial charge in [-0.3, -0.25) is 4.99 Å². The molecule has 0 heterocycles. The summed E-state index contributed by atoms with van der Waals surface area (Å²) >= 11 is 0. The van der Waals surface area contributed by atoms with Crippen LogP contribution in [-0.4, -0.2) is 18.4 Å². The molecule has 0 fully saturated rings. The van der Waals surface area contributed by atoms with Gasteiger partial charge in [0.25, 0.3) is 0 Å². The standard InChI is InChI=1S/C23H23NO2/c1-23(2,18-10-6-4-7-11-18)21-15-20(14-17(16-24-3)22(21)25)26-19-12-8-5-9-13-19/h4-16,25H,1-3H3. The minimum Gasteiger partial charge on any atom is -0.507 e. The molecule has 0 aliphatic rings. The molecular weight excluding hydrogens is 322 g/mol. The van der Waals surface area contributed by atoms with Gasteiger partial charge >= 0.3 is 0 Å². The summed E-state index contributed by atoms with van der Waals surface area (Å²) in [5.41, 5.74) is 2.16. The molecule has 0 atom stereocenters. The molecule has 3 nitrogen and oxygen atoms in total. The number of hydrogen-bond acceptors (Lipinski definition) is 3. The molecule has 3 aromatic carbocycles. The predicted molar refractivity (Wildman–Crippen MR) is 107 cm³/mol. The largest absolute Gasteiger partial charge is 0.507 e. The van der Waals surface area contributed by atoms with Gasteiger partial charge in [0.2, 0.25) is 0 Å². The van der Waals surface area contributed by atoms with Crippen molar-refractivity contribution in [2.24, 2.45) is 4.99 Å². The van der Waals surface area contributed by atoms with Gasteiger partial charge in [-0.2, -0.15) is 0 Å². The van der Waals surface area contributed by atoms with Gasteiger partial charge in [-0.15, -0.1) is 0 Å². The minimum atomic E-state index is -0.391. The van der Waals surface area contributed by atoms with Gasteiger partial charge in [-0.25, -0.2) is 0 Å². The van der Waals surface area contributed by atoms with Gasteiger partial charge in [-0.05, 0) is 29.8 Å². The molecule has 3 heteroatoms. The van der Waals surface area contributed by atoms with Gasteiger partial charge in [0.15, 0.2) is 0 Å². The maximum Gasteiger partial charge on any atom is 0.128 e. The minimum absolute atomic E-state index is 0.227. The highest BCUT2D eigenvalue weighted by Crippen LogP contribution is 2.41. The SMILES string of the molecule is CN=Cc1cc(Oc2ccccc2)cc(C(C)(C)c2ccccc2)c1O. The Morgan fingerprint density at radius 2 is 1.50 bits per heavy atom. The average Bonchev–Trinajstić information content (AvgIpc) is 2.66. The summed E-state index contributed by atoms with van der Waals surface area (Å²) in [5, 5.41) is 10.9. The number of nitrogens with zero attached hydrogens (tertiary/aromatic N) is 1. The quantitative estimate of drug-likeness (QED) is 0.615. The Morgan fingerprint density at radius 3 is 2.12 bits per heavy atom. The van der Waals surface area contributed by atoms with Crippen molar-refractivity contribution in [2.45, 2.75) is 19.3 Å². The van der Waals surface area contributed by atoms with Crippen molar-refractivity contribution in [2.75, 3.05) is 7.05 Å². The van der Waals surface area contributed by atoms with E-state index in [2.05, 4.69) is 31.0 Å². The van der Waals surface area contributed by atoms with E-state index < -0.39 is 5.41 Å². The van der Waals surface area contributed by atoms with Gasteiger partial charge in [-0.1, -0.05) is 62.4 Å². The van der Waals surface area contributed by atoms with Crippen LogP contribution in [0, 0.1) is 0 Å². The smallest absolute Gasteiger partial charge is 0.128 e. The van der Waals surface area contributed by atoms with Gasteiger partial charge in [0, 0.05) is 29.8 Å². The summed E-state index contributed by atoms with van der Waals surface area (Å²) < 4.78 is 6.02. The van der Waals surface area contributed by atoms with E-state index in [1.54, 1.807) is 19.3 Å². The van der Waals surface area contributed by atoms with E-state index in [-0.39, 0.29) is 5.75 Å². The molecule has 3 aromatic rings. The lowest BCUT2D eigenvalue weighted by molar-refractivity contribution is 0.443. The lowest BCUT2D eigenvalue weighted by Crippen LogP contribution is -2.19. The van der Waals surface area contributed by atoms with E-state index >= 15 is 0 Å². The summed E-state index contributed by atoms with van der Waals surface area (Å²) in [5.74, 6) is 1.65. The first-order valence-electron chi connectivity index (χ1n) is 8.60. The zero-order valence-electron chi connectivity index (χ0n) is 15.3. The van der Waals surface area contributed by atoms with Crippen molar-refractivity contribution in [3.8, 4) is 17.2 Å². The fourth-order valence-electron chi connectivity index (χ4n) is 3.04. The van der Waals surface area contributed by atoms with Crippen LogP contribution >= 0.6 is 0 Å². The van der Waals surface area contributed by atoms with Crippen LogP contribution in [0.4, 0.5) is 0 Å². The molecule has 1 N–H and O–H groups in total. The monoisotopic (exact) mass is 345 g/mol. The molecule has 0 amide bonds. The summed E-state index contributed by atoms with van der Waals surface area (Å²) in [7, 11) is 1.69. The fourth-order valence-corrected chi connectivity index (χ4v) is 3.04. The molecule has 0 aromatic heterocycles. The molecule has 0 radical (unpaired) electrons. The van der Waals surface area contributed by atoms with Crippen LogP contribution in [0.2, 0.25) is 0 Å². The highest BCUT2D eigenvalue weighted by atomic mass is 16.5. The highest BCUT2D eigenvalue weighted by molar-refractivity contribution is 5.85. The molecule has 132 valence electrons. The Labute approximate surface area is 154 Å². The van der Waals surface area contributed by atoms with Crippen molar-refractivity contribution < 1.29 is 9.84 Å². The van der Waals surface area contributed by atoms with E-state index in [4.69, 9.17) is 4.74 Å². The topological polar surface area (TPSA) is 41.8 Å². The summed E-state index contributed by atoms with van der Waals surface area (Å²) in [6, 6.07) is 23.5. The van der Waals surface area contributed by atoms with Gasteiger partial charge < -0.3 is 9.84 Å². The fraction of sp³-hybridized carbons (Fsp3) is 0.174. The van der Waals surface area contributed by atoms with Crippen molar-refractivity contribution in [1.29, 1.82) is 0 Å². The number of phenols is 1. The molecule has 3 rings (SSSR count). The summed E-state index contributed by atoms with van der Waals surface area (Å²) in [6.07, 6.45) is 1.65. The van der Waals surface area contributed by atoms with E-state index in [1.165, 1.54) is 0 Å². The van der Waals surface area contributed by atoms with Crippen LogP contribution in [-0.2, 0) is 5.41 Å². The first kappa shape index (κ1) is 17.7. The van der Waals surface area contributed by atoms with Gasteiger partial charge in [0.1, 0.15) is 17.2 Å². The van der Waals surface area contributed by atoms with E-state index in [0.29, 0.717) is 11.3 Å².